The van der Waals surface area contributed by atoms with Crippen LogP contribution in [0, 0.1) is 5.92 Å². The first-order valence-corrected chi connectivity index (χ1v) is 8.61. The molecule has 2 fully saturated rings. The number of carbonyl (C=O) groups is 1. The number of rotatable bonds is 3. The van der Waals surface area contributed by atoms with Crippen molar-refractivity contribution >= 4 is 11.6 Å². The SMILES string of the molecule is COc1ccccc1N1CCN(C(=O)C2CCCC(N)C2)CC1. The number of methoxy groups -OCH3 is 1. The summed E-state index contributed by atoms with van der Waals surface area (Å²) >= 11 is 0. The molecule has 1 saturated carbocycles. The van der Waals surface area contributed by atoms with Crippen molar-refractivity contribution in [1.82, 2.24) is 4.90 Å². The largest absolute Gasteiger partial charge is 0.495 e. The minimum absolute atomic E-state index is 0.136. The molecule has 1 aliphatic heterocycles. The summed E-state index contributed by atoms with van der Waals surface area (Å²) in [5, 5.41) is 0. The van der Waals surface area contributed by atoms with Crippen molar-refractivity contribution in [2.24, 2.45) is 11.7 Å². The maximum absolute atomic E-state index is 12.7. The van der Waals surface area contributed by atoms with E-state index in [0.29, 0.717) is 5.91 Å². The van der Waals surface area contributed by atoms with E-state index in [0.717, 1.165) is 63.3 Å². The van der Waals surface area contributed by atoms with Crippen LogP contribution < -0.4 is 15.4 Å². The average molecular weight is 317 g/mol. The number of carbonyl (C=O) groups excluding carboxylic acids is 1. The van der Waals surface area contributed by atoms with Gasteiger partial charge in [0.25, 0.3) is 0 Å². The second-order valence-corrected chi connectivity index (χ2v) is 6.61. The Balaban J connectivity index is 1.59. The molecule has 1 amide bonds. The van der Waals surface area contributed by atoms with Gasteiger partial charge in [0.15, 0.2) is 0 Å². The van der Waals surface area contributed by atoms with Crippen LogP contribution in [0.5, 0.6) is 5.75 Å². The molecular weight excluding hydrogens is 290 g/mol. The van der Waals surface area contributed by atoms with E-state index < -0.39 is 0 Å². The summed E-state index contributed by atoms with van der Waals surface area (Å²) in [6.07, 6.45) is 3.99. The number of hydrogen-bond donors (Lipinski definition) is 1. The summed E-state index contributed by atoms with van der Waals surface area (Å²) in [5.74, 6) is 1.34. The highest BCUT2D eigenvalue weighted by molar-refractivity contribution is 5.79. The van der Waals surface area contributed by atoms with Crippen LogP contribution in [0.25, 0.3) is 0 Å². The van der Waals surface area contributed by atoms with Crippen LogP contribution >= 0.6 is 0 Å². The van der Waals surface area contributed by atoms with E-state index in [-0.39, 0.29) is 12.0 Å². The van der Waals surface area contributed by atoms with Gasteiger partial charge in [-0.05, 0) is 31.4 Å². The normalized spacial score (nSPS) is 25.3. The quantitative estimate of drug-likeness (QED) is 0.924. The molecule has 0 radical (unpaired) electrons. The second kappa shape index (κ2) is 7.21. The summed E-state index contributed by atoms with van der Waals surface area (Å²) in [6, 6.07) is 8.27. The molecule has 5 heteroatoms. The molecule has 1 aromatic rings. The lowest BCUT2D eigenvalue weighted by molar-refractivity contribution is -0.137. The number of amides is 1. The molecular formula is C18H27N3O2. The van der Waals surface area contributed by atoms with Crippen LogP contribution in [0.15, 0.2) is 24.3 Å². The lowest BCUT2D eigenvalue weighted by Gasteiger charge is -2.39. The summed E-state index contributed by atoms with van der Waals surface area (Å²) in [5.41, 5.74) is 7.14. The molecule has 1 saturated heterocycles. The number of anilines is 1. The molecule has 2 unspecified atom stereocenters. The molecule has 0 aromatic heterocycles. The Morgan fingerprint density at radius 3 is 2.61 bits per heavy atom. The Bertz CT molecular complexity index is 541. The van der Waals surface area contributed by atoms with Crippen molar-refractivity contribution in [2.75, 3.05) is 38.2 Å². The lowest BCUT2D eigenvalue weighted by Crippen LogP contribution is -2.51. The van der Waals surface area contributed by atoms with Crippen LogP contribution in [0.1, 0.15) is 25.7 Å². The van der Waals surface area contributed by atoms with Crippen molar-refractivity contribution in [3.05, 3.63) is 24.3 Å². The molecule has 2 aliphatic rings. The fourth-order valence-electron chi connectivity index (χ4n) is 3.77. The third-order valence-corrected chi connectivity index (χ3v) is 5.08. The van der Waals surface area contributed by atoms with Crippen molar-refractivity contribution < 1.29 is 9.53 Å². The molecule has 0 bridgehead atoms. The smallest absolute Gasteiger partial charge is 0.225 e. The number of ether oxygens (including phenoxy) is 1. The first-order chi connectivity index (χ1) is 11.2. The van der Waals surface area contributed by atoms with Gasteiger partial charge in [0.05, 0.1) is 12.8 Å². The number of nitrogens with zero attached hydrogens (tertiary/aromatic N) is 2. The molecule has 1 heterocycles. The minimum atomic E-state index is 0.136. The van der Waals surface area contributed by atoms with Crippen LogP contribution in [0.3, 0.4) is 0 Å². The monoisotopic (exact) mass is 317 g/mol. The Labute approximate surface area is 138 Å². The van der Waals surface area contributed by atoms with E-state index in [1.807, 2.05) is 23.1 Å². The third-order valence-electron chi connectivity index (χ3n) is 5.08. The highest BCUT2D eigenvalue weighted by Crippen LogP contribution is 2.29. The van der Waals surface area contributed by atoms with Crippen molar-refractivity contribution in [2.45, 2.75) is 31.7 Å². The van der Waals surface area contributed by atoms with Gasteiger partial charge in [-0.1, -0.05) is 18.6 Å². The molecule has 1 aromatic carbocycles. The highest BCUT2D eigenvalue weighted by Gasteiger charge is 2.31. The van der Waals surface area contributed by atoms with Gasteiger partial charge in [-0.3, -0.25) is 4.79 Å². The first kappa shape index (κ1) is 16.1. The number of para-hydroxylation sites is 2. The van der Waals surface area contributed by atoms with Crippen molar-refractivity contribution in [3.8, 4) is 5.75 Å². The summed E-state index contributed by atoms with van der Waals surface area (Å²) < 4.78 is 5.44. The van der Waals surface area contributed by atoms with Crippen LogP contribution in [0.2, 0.25) is 0 Å². The van der Waals surface area contributed by atoms with E-state index in [2.05, 4.69) is 11.0 Å². The Hall–Kier alpha value is -1.75. The Morgan fingerprint density at radius 1 is 1.17 bits per heavy atom. The van der Waals surface area contributed by atoms with Gasteiger partial charge in [-0.15, -0.1) is 0 Å². The number of benzene rings is 1. The third kappa shape index (κ3) is 3.61. The van der Waals surface area contributed by atoms with Gasteiger partial charge >= 0.3 is 0 Å². The summed E-state index contributed by atoms with van der Waals surface area (Å²) in [7, 11) is 1.70. The fourth-order valence-corrected chi connectivity index (χ4v) is 3.77. The molecule has 23 heavy (non-hydrogen) atoms. The van der Waals surface area contributed by atoms with Crippen LogP contribution in [0.4, 0.5) is 5.69 Å². The van der Waals surface area contributed by atoms with Crippen molar-refractivity contribution in [1.29, 1.82) is 0 Å². The topological polar surface area (TPSA) is 58.8 Å². The zero-order chi connectivity index (χ0) is 16.2. The highest BCUT2D eigenvalue weighted by atomic mass is 16.5. The van der Waals surface area contributed by atoms with E-state index in [4.69, 9.17) is 10.5 Å². The standard InChI is InChI=1S/C18H27N3O2/c1-23-17-8-3-2-7-16(17)20-9-11-21(12-10-20)18(22)14-5-4-6-15(19)13-14/h2-3,7-8,14-15H,4-6,9-13,19H2,1H3. The molecule has 2 N–H and O–H groups in total. The first-order valence-electron chi connectivity index (χ1n) is 8.61. The second-order valence-electron chi connectivity index (χ2n) is 6.61. The molecule has 126 valence electrons. The summed E-state index contributed by atoms with van der Waals surface area (Å²) in [6.45, 7) is 3.26. The van der Waals surface area contributed by atoms with Gasteiger partial charge in [0.1, 0.15) is 5.75 Å². The van der Waals surface area contributed by atoms with Gasteiger partial charge in [-0.25, -0.2) is 0 Å². The van der Waals surface area contributed by atoms with Gasteiger partial charge in [-0.2, -0.15) is 0 Å². The molecule has 0 spiro atoms. The molecule has 3 rings (SSSR count). The van der Waals surface area contributed by atoms with Crippen LogP contribution in [-0.2, 0) is 4.79 Å². The number of piperazine rings is 1. The fraction of sp³-hybridized carbons (Fsp3) is 0.611. The van der Waals surface area contributed by atoms with E-state index >= 15 is 0 Å². The Kier molecular flexibility index (Phi) is 5.06. The Morgan fingerprint density at radius 2 is 1.91 bits per heavy atom. The maximum Gasteiger partial charge on any atom is 0.225 e. The lowest BCUT2D eigenvalue weighted by atomic mass is 9.85. The van der Waals surface area contributed by atoms with Gasteiger partial charge in [0, 0.05) is 38.1 Å². The van der Waals surface area contributed by atoms with Crippen LogP contribution in [-0.4, -0.2) is 50.1 Å². The van der Waals surface area contributed by atoms with Gasteiger partial charge in [0.2, 0.25) is 5.91 Å². The molecule has 5 nitrogen and oxygen atoms in total. The molecule has 2 atom stereocenters. The van der Waals surface area contributed by atoms with E-state index in [1.165, 1.54) is 0 Å². The summed E-state index contributed by atoms with van der Waals surface area (Å²) in [4.78, 5) is 17.0. The number of nitrogens with two attached hydrogens (primary N) is 1. The van der Waals surface area contributed by atoms with Gasteiger partial charge < -0.3 is 20.3 Å². The average Bonchev–Trinajstić information content (AvgIpc) is 2.61. The zero-order valence-corrected chi connectivity index (χ0v) is 13.9. The maximum atomic E-state index is 12.7. The number of hydrogen-bond acceptors (Lipinski definition) is 4. The predicted octanol–water partition coefficient (Wildman–Crippen LogP) is 1.86. The van der Waals surface area contributed by atoms with E-state index in [1.54, 1.807) is 7.11 Å². The molecule has 1 aliphatic carbocycles. The predicted molar refractivity (Wildman–Crippen MR) is 91.7 cm³/mol. The minimum Gasteiger partial charge on any atom is -0.495 e. The zero-order valence-electron chi connectivity index (χ0n) is 13.9. The van der Waals surface area contributed by atoms with Crippen molar-refractivity contribution in [3.63, 3.8) is 0 Å². The van der Waals surface area contributed by atoms with E-state index in [9.17, 15) is 4.79 Å².